The van der Waals surface area contributed by atoms with Gasteiger partial charge in [0.25, 0.3) is 0 Å². The summed E-state index contributed by atoms with van der Waals surface area (Å²) in [6, 6.07) is 4.90. The number of nitrogens with one attached hydrogen (secondary N) is 1. The zero-order chi connectivity index (χ0) is 10.7. The van der Waals surface area contributed by atoms with Gasteiger partial charge < -0.3 is 10.1 Å². The third-order valence-corrected chi connectivity index (χ3v) is 2.68. The lowest BCUT2D eigenvalue weighted by atomic mass is 10.1. The Morgan fingerprint density at radius 2 is 2.33 bits per heavy atom. The average molecular weight is 209 g/mol. The van der Waals surface area contributed by atoms with E-state index < -0.39 is 0 Å². The van der Waals surface area contributed by atoms with Crippen molar-refractivity contribution in [3.8, 4) is 5.75 Å². The number of hydrogen-bond donors (Lipinski definition) is 1. The molecule has 0 aliphatic carbocycles. The maximum absolute atomic E-state index is 13.0. The number of benzene rings is 1. The van der Waals surface area contributed by atoms with Crippen molar-refractivity contribution in [3.63, 3.8) is 0 Å². The van der Waals surface area contributed by atoms with Crippen LogP contribution in [0.15, 0.2) is 18.2 Å². The van der Waals surface area contributed by atoms with E-state index in [-0.39, 0.29) is 11.9 Å². The summed E-state index contributed by atoms with van der Waals surface area (Å²) in [5.74, 6) is 0.590. The van der Waals surface area contributed by atoms with E-state index in [9.17, 15) is 4.39 Å². The van der Waals surface area contributed by atoms with Gasteiger partial charge in [0, 0.05) is 6.54 Å². The Labute approximate surface area is 89.4 Å². The molecule has 1 aromatic carbocycles. The summed E-state index contributed by atoms with van der Waals surface area (Å²) in [4.78, 5) is 0. The van der Waals surface area contributed by atoms with Crippen molar-refractivity contribution in [1.29, 1.82) is 0 Å². The van der Waals surface area contributed by atoms with Crippen LogP contribution in [0, 0.1) is 12.7 Å². The number of hydrogen-bond acceptors (Lipinski definition) is 2. The van der Waals surface area contributed by atoms with E-state index in [2.05, 4.69) is 5.32 Å². The number of ether oxygens (including phenoxy) is 1. The average Bonchev–Trinajstić information content (AvgIpc) is 2.25. The summed E-state index contributed by atoms with van der Waals surface area (Å²) in [7, 11) is 0. The molecule has 1 unspecified atom stereocenters. The lowest BCUT2D eigenvalue weighted by molar-refractivity contribution is 0.167. The molecule has 1 aliphatic heterocycles. The Morgan fingerprint density at radius 1 is 1.47 bits per heavy atom. The standard InChI is InChI=1S/C12H16FNO/c1-9-7-10(4-5-12(9)13)15-11-3-2-6-14-8-11/h4-5,7,11,14H,2-3,6,8H2,1H3. The Bertz CT molecular complexity index is 334. The van der Waals surface area contributed by atoms with E-state index >= 15 is 0 Å². The second-order valence-electron chi connectivity index (χ2n) is 4.00. The highest BCUT2D eigenvalue weighted by atomic mass is 19.1. The van der Waals surface area contributed by atoms with Crippen molar-refractivity contribution in [2.24, 2.45) is 0 Å². The zero-order valence-corrected chi connectivity index (χ0v) is 8.92. The predicted molar refractivity (Wildman–Crippen MR) is 57.7 cm³/mol. The second kappa shape index (κ2) is 4.62. The molecular weight excluding hydrogens is 193 g/mol. The minimum atomic E-state index is -0.177. The largest absolute Gasteiger partial charge is 0.489 e. The van der Waals surface area contributed by atoms with E-state index in [1.807, 2.05) is 0 Å². The van der Waals surface area contributed by atoms with E-state index in [4.69, 9.17) is 4.74 Å². The fourth-order valence-corrected chi connectivity index (χ4v) is 1.80. The first kappa shape index (κ1) is 10.4. The summed E-state index contributed by atoms with van der Waals surface area (Å²) in [5, 5.41) is 3.28. The van der Waals surface area contributed by atoms with Crippen LogP contribution in [0.3, 0.4) is 0 Å². The number of halogens is 1. The molecule has 1 atom stereocenters. The van der Waals surface area contributed by atoms with Gasteiger partial charge in [0.2, 0.25) is 0 Å². The zero-order valence-electron chi connectivity index (χ0n) is 8.92. The highest BCUT2D eigenvalue weighted by molar-refractivity contribution is 5.29. The minimum Gasteiger partial charge on any atom is -0.489 e. The summed E-state index contributed by atoms with van der Waals surface area (Å²) < 4.78 is 18.8. The van der Waals surface area contributed by atoms with Crippen molar-refractivity contribution in [2.75, 3.05) is 13.1 Å². The van der Waals surface area contributed by atoms with Gasteiger partial charge >= 0.3 is 0 Å². The van der Waals surface area contributed by atoms with Gasteiger partial charge in [0.05, 0.1) is 0 Å². The third kappa shape index (κ3) is 2.69. The summed E-state index contributed by atoms with van der Waals surface area (Å²) in [6.45, 7) is 3.71. The molecule has 0 radical (unpaired) electrons. The SMILES string of the molecule is Cc1cc(OC2CCCNC2)ccc1F. The summed E-state index contributed by atoms with van der Waals surface area (Å²) >= 11 is 0. The molecule has 2 nitrogen and oxygen atoms in total. The molecular formula is C12H16FNO. The fourth-order valence-electron chi connectivity index (χ4n) is 1.80. The van der Waals surface area contributed by atoms with Crippen LogP contribution in [0.4, 0.5) is 4.39 Å². The fraction of sp³-hybridized carbons (Fsp3) is 0.500. The van der Waals surface area contributed by atoms with Crippen LogP contribution in [0.25, 0.3) is 0 Å². The van der Waals surface area contributed by atoms with Crippen molar-refractivity contribution < 1.29 is 9.13 Å². The van der Waals surface area contributed by atoms with Gasteiger partial charge in [0.1, 0.15) is 17.7 Å². The smallest absolute Gasteiger partial charge is 0.126 e. The third-order valence-electron chi connectivity index (χ3n) is 2.68. The summed E-state index contributed by atoms with van der Waals surface area (Å²) in [5.41, 5.74) is 0.635. The van der Waals surface area contributed by atoms with Gasteiger partial charge in [-0.05, 0) is 50.1 Å². The highest BCUT2D eigenvalue weighted by Gasteiger charge is 2.14. The van der Waals surface area contributed by atoms with E-state index in [0.29, 0.717) is 5.56 Å². The van der Waals surface area contributed by atoms with Gasteiger partial charge in [-0.25, -0.2) is 4.39 Å². The van der Waals surface area contributed by atoms with Gasteiger partial charge in [-0.2, -0.15) is 0 Å². The van der Waals surface area contributed by atoms with E-state index in [1.165, 1.54) is 6.07 Å². The number of piperidine rings is 1. The molecule has 0 spiro atoms. The Hall–Kier alpha value is -1.09. The number of aryl methyl sites for hydroxylation is 1. The summed E-state index contributed by atoms with van der Waals surface area (Å²) in [6.07, 6.45) is 2.44. The quantitative estimate of drug-likeness (QED) is 0.806. The van der Waals surface area contributed by atoms with Crippen LogP contribution in [-0.2, 0) is 0 Å². The van der Waals surface area contributed by atoms with Crippen LogP contribution in [0.5, 0.6) is 5.75 Å². The van der Waals surface area contributed by atoms with Gasteiger partial charge in [-0.1, -0.05) is 0 Å². The first-order chi connectivity index (χ1) is 7.25. The van der Waals surface area contributed by atoms with Gasteiger partial charge in [-0.15, -0.1) is 0 Å². The molecule has 0 bridgehead atoms. The molecule has 3 heteroatoms. The van der Waals surface area contributed by atoms with Gasteiger partial charge in [-0.3, -0.25) is 0 Å². The molecule has 82 valence electrons. The molecule has 0 amide bonds. The minimum absolute atomic E-state index is 0.177. The van der Waals surface area contributed by atoms with E-state index in [1.54, 1.807) is 19.1 Å². The second-order valence-corrected chi connectivity index (χ2v) is 4.00. The predicted octanol–water partition coefficient (Wildman–Crippen LogP) is 2.26. The van der Waals surface area contributed by atoms with Crippen LogP contribution < -0.4 is 10.1 Å². The van der Waals surface area contributed by atoms with Crippen LogP contribution >= 0.6 is 0 Å². The Balaban J connectivity index is 2.00. The topological polar surface area (TPSA) is 21.3 Å². The monoisotopic (exact) mass is 209 g/mol. The molecule has 1 aliphatic rings. The molecule has 0 aromatic heterocycles. The van der Waals surface area contributed by atoms with Crippen molar-refractivity contribution in [2.45, 2.75) is 25.9 Å². The lowest BCUT2D eigenvalue weighted by Crippen LogP contribution is -2.37. The van der Waals surface area contributed by atoms with E-state index in [0.717, 1.165) is 31.7 Å². The maximum Gasteiger partial charge on any atom is 0.126 e. The van der Waals surface area contributed by atoms with Crippen molar-refractivity contribution >= 4 is 0 Å². The molecule has 1 aromatic rings. The molecule has 0 saturated carbocycles. The number of rotatable bonds is 2. The molecule has 1 fully saturated rings. The van der Waals surface area contributed by atoms with Gasteiger partial charge in [0.15, 0.2) is 0 Å². The molecule has 2 rings (SSSR count). The first-order valence-corrected chi connectivity index (χ1v) is 5.39. The normalized spacial score (nSPS) is 21.3. The maximum atomic E-state index is 13.0. The Kier molecular flexibility index (Phi) is 3.21. The first-order valence-electron chi connectivity index (χ1n) is 5.39. The molecule has 1 saturated heterocycles. The molecule has 1 N–H and O–H groups in total. The lowest BCUT2D eigenvalue weighted by Gasteiger charge is -2.24. The van der Waals surface area contributed by atoms with Crippen LogP contribution in [-0.4, -0.2) is 19.2 Å². The van der Waals surface area contributed by atoms with Crippen molar-refractivity contribution in [3.05, 3.63) is 29.6 Å². The molecule has 1 heterocycles. The highest BCUT2D eigenvalue weighted by Crippen LogP contribution is 2.19. The van der Waals surface area contributed by atoms with Crippen LogP contribution in [0.2, 0.25) is 0 Å². The molecule has 15 heavy (non-hydrogen) atoms. The Morgan fingerprint density at radius 3 is 3.00 bits per heavy atom. The van der Waals surface area contributed by atoms with Crippen molar-refractivity contribution in [1.82, 2.24) is 5.32 Å². The van der Waals surface area contributed by atoms with Crippen LogP contribution in [0.1, 0.15) is 18.4 Å².